The Morgan fingerprint density at radius 3 is 2.79 bits per heavy atom. The van der Waals surface area contributed by atoms with Gasteiger partial charge >= 0.3 is 0 Å². The Hall–Kier alpha value is -1.09. The molecule has 1 aromatic carbocycles. The number of hydrogen-bond donors (Lipinski definition) is 0. The van der Waals surface area contributed by atoms with Gasteiger partial charge in [0, 0.05) is 10.0 Å². The lowest BCUT2D eigenvalue weighted by molar-refractivity contribution is -0.112. The fourth-order valence-corrected chi connectivity index (χ4v) is 1.42. The van der Waals surface area contributed by atoms with Gasteiger partial charge in [-0.3, -0.25) is 4.79 Å². The number of halogens is 1. The van der Waals surface area contributed by atoms with Crippen LogP contribution in [0.25, 0.3) is 6.08 Å². The molecule has 3 heteroatoms. The van der Waals surface area contributed by atoms with E-state index in [0.717, 1.165) is 15.8 Å². The lowest BCUT2D eigenvalue weighted by Crippen LogP contribution is -1.87. The second-order valence-electron chi connectivity index (χ2n) is 2.83. The van der Waals surface area contributed by atoms with E-state index in [1.165, 1.54) is 13.0 Å². The minimum absolute atomic E-state index is 0.0204. The lowest BCUT2D eigenvalue weighted by Gasteiger charge is -2.04. The number of benzene rings is 1. The number of rotatable bonds is 3. The molecule has 0 amide bonds. The predicted octanol–water partition coefficient (Wildman–Crippen LogP) is 3.06. The molecule has 1 aromatic rings. The van der Waals surface area contributed by atoms with Crippen LogP contribution in [0, 0.1) is 0 Å². The molecular formula is C11H11BrO2. The fourth-order valence-electron chi connectivity index (χ4n) is 1.04. The van der Waals surface area contributed by atoms with E-state index in [-0.39, 0.29) is 5.78 Å². The number of carbonyl (C=O) groups is 1. The van der Waals surface area contributed by atoms with Crippen LogP contribution in [0.4, 0.5) is 0 Å². The van der Waals surface area contributed by atoms with Crippen molar-refractivity contribution in [3.8, 4) is 5.75 Å². The molecule has 0 unspecified atom stereocenters. The first kappa shape index (κ1) is 11.0. The molecule has 0 aromatic heterocycles. The number of hydrogen-bond acceptors (Lipinski definition) is 2. The van der Waals surface area contributed by atoms with E-state index >= 15 is 0 Å². The Morgan fingerprint density at radius 1 is 1.50 bits per heavy atom. The molecule has 0 saturated heterocycles. The monoisotopic (exact) mass is 254 g/mol. The van der Waals surface area contributed by atoms with Gasteiger partial charge in [0.25, 0.3) is 0 Å². The van der Waals surface area contributed by atoms with Gasteiger partial charge in [-0.1, -0.05) is 15.9 Å². The third-order valence-electron chi connectivity index (χ3n) is 1.69. The molecule has 0 N–H and O–H groups in total. The highest BCUT2D eigenvalue weighted by molar-refractivity contribution is 9.10. The van der Waals surface area contributed by atoms with Crippen molar-refractivity contribution in [2.45, 2.75) is 6.92 Å². The quantitative estimate of drug-likeness (QED) is 0.776. The smallest absolute Gasteiger partial charge is 0.152 e. The Kier molecular flexibility index (Phi) is 3.89. The van der Waals surface area contributed by atoms with Crippen molar-refractivity contribution in [1.82, 2.24) is 0 Å². The van der Waals surface area contributed by atoms with E-state index in [1.807, 2.05) is 18.2 Å². The van der Waals surface area contributed by atoms with E-state index in [0.29, 0.717) is 0 Å². The van der Waals surface area contributed by atoms with Gasteiger partial charge in [0.05, 0.1) is 7.11 Å². The molecule has 74 valence electrons. The molecule has 2 nitrogen and oxygen atoms in total. The van der Waals surface area contributed by atoms with Crippen LogP contribution in [0.5, 0.6) is 5.75 Å². The van der Waals surface area contributed by atoms with Crippen LogP contribution in [0.1, 0.15) is 12.5 Å². The third kappa shape index (κ3) is 3.00. The van der Waals surface area contributed by atoms with Gasteiger partial charge < -0.3 is 4.74 Å². The van der Waals surface area contributed by atoms with Gasteiger partial charge in [0.2, 0.25) is 0 Å². The summed E-state index contributed by atoms with van der Waals surface area (Å²) in [5, 5.41) is 0. The highest BCUT2D eigenvalue weighted by Crippen LogP contribution is 2.23. The SMILES string of the molecule is COc1ccc(Br)cc1/C=C/C(C)=O. The van der Waals surface area contributed by atoms with E-state index in [1.54, 1.807) is 13.2 Å². The zero-order chi connectivity index (χ0) is 10.6. The number of ketones is 1. The van der Waals surface area contributed by atoms with Crippen molar-refractivity contribution in [3.05, 3.63) is 34.3 Å². The Morgan fingerprint density at radius 2 is 2.21 bits per heavy atom. The summed E-state index contributed by atoms with van der Waals surface area (Å²) in [6.45, 7) is 1.51. The molecule has 0 atom stereocenters. The molecule has 0 aliphatic rings. The van der Waals surface area contributed by atoms with Crippen molar-refractivity contribution in [1.29, 1.82) is 0 Å². The largest absolute Gasteiger partial charge is 0.496 e. The minimum atomic E-state index is 0.0204. The summed E-state index contributed by atoms with van der Waals surface area (Å²) < 4.78 is 6.11. The van der Waals surface area contributed by atoms with Crippen LogP contribution in [0.2, 0.25) is 0 Å². The van der Waals surface area contributed by atoms with Crippen molar-refractivity contribution in [2.75, 3.05) is 7.11 Å². The van der Waals surface area contributed by atoms with Crippen LogP contribution < -0.4 is 4.74 Å². The van der Waals surface area contributed by atoms with Crippen molar-refractivity contribution < 1.29 is 9.53 Å². The summed E-state index contributed by atoms with van der Waals surface area (Å²) in [5.41, 5.74) is 0.886. The zero-order valence-corrected chi connectivity index (χ0v) is 9.67. The maximum Gasteiger partial charge on any atom is 0.152 e. The number of allylic oxidation sites excluding steroid dienone is 1. The molecular weight excluding hydrogens is 244 g/mol. The molecule has 0 fully saturated rings. The second-order valence-corrected chi connectivity index (χ2v) is 3.75. The number of carbonyl (C=O) groups excluding carboxylic acids is 1. The van der Waals surface area contributed by atoms with Crippen molar-refractivity contribution in [3.63, 3.8) is 0 Å². The molecule has 0 aliphatic heterocycles. The maximum atomic E-state index is 10.8. The molecule has 0 radical (unpaired) electrons. The summed E-state index contributed by atoms with van der Waals surface area (Å²) >= 11 is 3.36. The fraction of sp³-hybridized carbons (Fsp3) is 0.182. The molecule has 0 spiro atoms. The minimum Gasteiger partial charge on any atom is -0.496 e. The Labute approximate surface area is 91.7 Å². The lowest BCUT2D eigenvalue weighted by atomic mass is 10.2. The molecule has 0 saturated carbocycles. The van der Waals surface area contributed by atoms with Crippen molar-refractivity contribution >= 4 is 27.8 Å². The summed E-state index contributed by atoms with van der Waals surface area (Å²) in [6, 6.07) is 5.64. The highest BCUT2D eigenvalue weighted by Gasteiger charge is 1.99. The third-order valence-corrected chi connectivity index (χ3v) is 2.18. The van der Waals surface area contributed by atoms with Crippen molar-refractivity contribution in [2.24, 2.45) is 0 Å². The van der Waals surface area contributed by atoms with Crippen LogP contribution in [-0.2, 0) is 4.79 Å². The van der Waals surface area contributed by atoms with Crippen LogP contribution in [0.15, 0.2) is 28.7 Å². The van der Waals surface area contributed by atoms with Crippen LogP contribution in [-0.4, -0.2) is 12.9 Å². The standard InChI is InChI=1S/C11H11BrO2/c1-8(13)3-4-9-7-10(12)5-6-11(9)14-2/h3-7H,1-2H3/b4-3+. The summed E-state index contributed by atoms with van der Waals surface area (Å²) in [4.78, 5) is 10.8. The first-order valence-corrected chi connectivity index (χ1v) is 4.95. The molecule has 1 rings (SSSR count). The van der Waals surface area contributed by atoms with Gasteiger partial charge in [-0.25, -0.2) is 0 Å². The number of ether oxygens (including phenoxy) is 1. The number of methoxy groups -OCH3 is 1. The maximum absolute atomic E-state index is 10.8. The average Bonchev–Trinajstić information content (AvgIpc) is 2.15. The summed E-state index contributed by atoms with van der Waals surface area (Å²) in [7, 11) is 1.61. The second kappa shape index (κ2) is 4.96. The molecule has 0 bridgehead atoms. The van der Waals surface area contributed by atoms with E-state index in [4.69, 9.17) is 4.74 Å². The molecule has 0 heterocycles. The average molecular weight is 255 g/mol. The highest BCUT2D eigenvalue weighted by atomic mass is 79.9. The molecule has 14 heavy (non-hydrogen) atoms. The topological polar surface area (TPSA) is 26.3 Å². The van der Waals surface area contributed by atoms with Crippen LogP contribution >= 0.6 is 15.9 Å². The van der Waals surface area contributed by atoms with Gasteiger partial charge in [0.15, 0.2) is 5.78 Å². The van der Waals surface area contributed by atoms with Gasteiger partial charge in [-0.2, -0.15) is 0 Å². The van der Waals surface area contributed by atoms with E-state index in [9.17, 15) is 4.79 Å². The summed E-state index contributed by atoms with van der Waals surface area (Å²) in [5.74, 6) is 0.776. The van der Waals surface area contributed by atoms with Crippen LogP contribution in [0.3, 0.4) is 0 Å². The first-order valence-electron chi connectivity index (χ1n) is 4.15. The van der Waals surface area contributed by atoms with Gasteiger partial charge in [0.1, 0.15) is 5.75 Å². The van der Waals surface area contributed by atoms with E-state index in [2.05, 4.69) is 15.9 Å². The molecule has 0 aliphatic carbocycles. The normalized spacial score (nSPS) is 10.5. The Bertz CT molecular complexity index is 370. The van der Waals surface area contributed by atoms with Gasteiger partial charge in [-0.05, 0) is 37.3 Å². The summed E-state index contributed by atoms with van der Waals surface area (Å²) in [6.07, 6.45) is 3.26. The van der Waals surface area contributed by atoms with E-state index < -0.39 is 0 Å². The zero-order valence-electron chi connectivity index (χ0n) is 8.08. The Balaban J connectivity index is 3.04. The van der Waals surface area contributed by atoms with Gasteiger partial charge in [-0.15, -0.1) is 0 Å². The first-order chi connectivity index (χ1) is 6.63. The predicted molar refractivity (Wildman–Crippen MR) is 60.4 cm³/mol.